The highest BCUT2D eigenvalue weighted by atomic mass is 35.5. The van der Waals surface area contributed by atoms with E-state index in [-0.39, 0.29) is 24.0 Å². The van der Waals surface area contributed by atoms with E-state index in [9.17, 15) is 9.59 Å². The van der Waals surface area contributed by atoms with Crippen molar-refractivity contribution in [1.29, 1.82) is 0 Å². The molecule has 2 saturated carbocycles. The lowest BCUT2D eigenvalue weighted by atomic mass is 9.70. The molecule has 0 unspecified atom stereocenters. The first kappa shape index (κ1) is 20.9. The molecule has 0 aromatic heterocycles. The molecule has 0 atom stereocenters. The zero-order chi connectivity index (χ0) is 19.9. The van der Waals surface area contributed by atoms with Gasteiger partial charge in [-0.15, -0.1) is 0 Å². The van der Waals surface area contributed by atoms with E-state index in [1.54, 1.807) is 30.3 Å². The van der Waals surface area contributed by atoms with E-state index in [2.05, 4.69) is 0 Å². The van der Waals surface area contributed by atoms with Crippen molar-refractivity contribution in [2.45, 2.75) is 64.4 Å². The molecule has 0 heterocycles. The largest absolute Gasteiger partial charge is 0.459 e. The van der Waals surface area contributed by atoms with E-state index < -0.39 is 0 Å². The second kappa shape index (κ2) is 10.1. The molecule has 0 amide bonds. The number of halogens is 1. The lowest BCUT2D eigenvalue weighted by Crippen LogP contribution is -2.31. The van der Waals surface area contributed by atoms with Gasteiger partial charge in [0.2, 0.25) is 0 Å². The number of carbonyl (C=O) groups excluding carboxylic acids is 2. The highest BCUT2D eigenvalue weighted by Gasteiger charge is 2.34. The molecule has 3 rings (SSSR count). The molecule has 0 radical (unpaired) electrons. The first-order chi connectivity index (χ1) is 13.5. The van der Waals surface area contributed by atoms with Crippen LogP contribution in [0.3, 0.4) is 0 Å². The summed E-state index contributed by atoms with van der Waals surface area (Å²) in [6.07, 6.45) is 11.3. The van der Waals surface area contributed by atoms with Gasteiger partial charge in [-0.25, -0.2) is 4.79 Å². The van der Waals surface area contributed by atoms with Crippen LogP contribution in [0.25, 0.3) is 0 Å². The van der Waals surface area contributed by atoms with Crippen molar-refractivity contribution >= 4 is 23.5 Å². The second-order valence-corrected chi connectivity index (χ2v) is 8.40. The summed E-state index contributed by atoms with van der Waals surface area (Å²) in [6, 6.07) is 6.92. The molecule has 0 saturated heterocycles. The van der Waals surface area contributed by atoms with Crippen molar-refractivity contribution in [3.8, 4) is 5.75 Å². The second-order valence-electron chi connectivity index (χ2n) is 7.96. The van der Waals surface area contributed by atoms with Crippen LogP contribution in [0, 0.1) is 17.8 Å². The molecule has 0 bridgehead atoms. The number of allylic oxidation sites excluding steroid dienone is 1. The summed E-state index contributed by atoms with van der Waals surface area (Å²) < 4.78 is 11.0. The van der Waals surface area contributed by atoms with Gasteiger partial charge in [0.05, 0.1) is 5.92 Å². The molecule has 0 spiro atoms. The number of ether oxygens (including phenoxy) is 2. The minimum absolute atomic E-state index is 0.00921. The van der Waals surface area contributed by atoms with Crippen molar-refractivity contribution in [2.24, 2.45) is 17.8 Å². The number of esters is 2. The Morgan fingerprint density at radius 2 is 1.50 bits per heavy atom. The molecule has 2 fully saturated rings. The summed E-state index contributed by atoms with van der Waals surface area (Å²) in [7, 11) is 0. The summed E-state index contributed by atoms with van der Waals surface area (Å²) in [5, 5.41) is 0.631. The van der Waals surface area contributed by atoms with Crippen LogP contribution in [-0.4, -0.2) is 18.0 Å². The molecule has 152 valence electrons. The summed E-state index contributed by atoms with van der Waals surface area (Å²) in [5.74, 6) is 1.55. The van der Waals surface area contributed by atoms with Crippen LogP contribution in [0.15, 0.2) is 36.4 Å². The Morgan fingerprint density at radius 3 is 2.07 bits per heavy atom. The molecule has 1 aromatic carbocycles. The Kier molecular flexibility index (Phi) is 7.55. The van der Waals surface area contributed by atoms with E-state index in [1.165, 1.54) is 6.08 Å². The predicted octanol–water partition coefficient (Wildman–Crippen LogP) is 5.73. The van der Waals surface area contributed by atoms with Gasteiger partial charge in [0, 0.05) is 11.1 Å². The SMILES string of the molecule is CC=CC(=O)OC1CCC(C2CCC(C(=O)Oc3ccc(Cl)cc3)CC2)CC1. The molecule has 28 heavy (non-hydrogen) atoms. The Labute approximate surface area is 172 Å². The van der Waals surface area contributed by atoms with Crippen molar-refractivity contribution in [1.82, 2.24) is 0 Å². The number of hydrogen-bond acceptors (Lipinski definition) is 4. The normalized spacial score (nSPS) is 28.1. The monoisotopic (exact) mass is 404 g/mol. The third-order valence-corrected chi connectivity index (χ3v) is 6.36. The van der Waals surface area contributed by atoms with E-state index in [4.69, 9.17) is 21.1 Å². The highest BCUT2D eigenvalue weighted by molar-refractivity contribution is 6.30. The van der Waals surface area contributed by atoms with Gasteiger partial charge < -0.3 is 9.47 Å². The van der Waals surface area contributed by atoms with Crippen LogP contribution < -0.4 is 4.74 Å². The van der Waals surface area contributed by atoms with Gasteiger partial charge in [-0.05, 0) is 94.4 Å². The quantitative estimate of drug-likeness (QED) is 0.357. The van der Waals surface area contributed by atoms with E-state index >= 15 is 0 Å². The molecule has 0 aliphatic heterocycles. The number of benzene rings is 1. The first-order valence-corrected chi connectivity index (χ1v) is 10.7. The Balaban J connectivity index is 1.40. The van der Waals surface area contributed by atoms with Gasteiger partial charge in [-0.1, -0.05) is 17.7 Å². The fraction of sp³-hybridized carbons (Fsp3) is 0.565. The van der Waals surface area contributed by atoms with Crippen molar-refractivity contribution < 1.29 is 19.1 Å². The first-order valence-electron chi connectivity index (χ1n) is 10.4. The Morgan fingerprint density at radius 1 is 0.929 bits per heavy atom. The fourth-order valence-electron chi connectivity index (χ4n) is 4.55. The predicted molar refractivity (Wildman–Crippen MR) is 109 cm³/mol. The molecule has 1 aromatic rings. The average molecular weight is 405 g/mol. The molecule has 2 aliphatic rings. The van der Waals surface area contributed by atoms with E-state index in [1.807, 2.05) is 6.92 Å². The van der Waals surface area contributed by atoms with Crippen LogP contribution in [-0.2, 0) is 14.3 Å². The maximum atomic E-state index is 12.4. The zero-order valence-corrected chi connectivity index (χ0v) is 17.2. The third kappa shape index (κ3) is 5.84. The smallest absolute Gasteiger partial charge is 0.330 e. The standard InChI is InChI=1S/C23H29ClO4/c1-2-3-22(25)27-20-12-8-17(9-13-20)16-4-6-18(7-5-16)23(26)28-21-14-10-19(24)11-15-21/h2-3,10-11,14-18,20H,4-9,12-13H2,1H3. The van der Waals surface area contributed by atoms with Gasteiger partial charge in [0.15, 0.2) is 0 Å². The maximum absolute atomic E-state index is 12.4. The van der Waals surface area contributed by atoms with Crippen LogP contribution in [0.5, 0.6) is 5.75 Å². The van der Waals surface area contributed by atoms with Crippen LogP contribution >= 0.6 is 11.6 Å². The van der Waals surface area contributed by atoms with Gasteiger partial charge in [0.25, 0.3) is 0 Å². The minimum Gasteiger partial charge on any atom is -0.459 e. The van der Waals surface area contributed by atoms with Crippen molar-refractivity contribution in [3.05, 3.63) is 41.4 Å². The van der Waals surface area contributed by atoms with Crippen molar-refractivity contribution in [3.63, 3.8) is 0 Å². The summed E-state index contributed by atoms with van der Waals surface area (Å²) in [5.41, 5.74) is 0. The Hall–Kier alpha value is -1.81. The number of rotatable bonds is 5. The average Bonchev–Trinajstić information content (AvgIpc) is 2.70. The highest BCUT2D eigenvalue weighted by Crippen LogP contribution is 2.41. The minimum atomic E-state index is -0.231. The van der Waals surface area contributed by atoms with Gasteiger partial charge in [-0.2, -0.15) is 0 Å². The fourth-order valence-corrected chi connectivity index (χ4v) is 4.67. The molecular formula is C23H29ClO4. The van der Waals surface area contributed by atoms with Crippen LogP contribution in [0.1, 0.15) is 58.3 Å². The topological polar surface area (TPSA) is 52.6 Å². The van der Waals surface area contributed by atoms with Crippen LogP contribution in [0.4, 0.5) is 0 Å². The van der Waals surface area contributed by atoms with Gasteiger partial charge >= 0.3 is 11.9 Å². The summed E-state index contributed by atoms with van der Waals surface area (Å²) in [4.78, 5) is 24.0. The summed E-state index contributed by atoms with van der Waals surface area (Å²) in [6.45, 7) is 1.82. The lowest BCUT2D eigenvalue weighted by molar-refractivity contribution is -0.145. The van der Waals surface area contributed by atoms with Crippen LogP contribution in [0.2, 0.25) is 5.02 Å². The molecule has 0 N–H and O–H groups in total. The van der Waals surface area contributed by atoms with E-state index in [0.29, 0.717) is 22.6 Å². The maximum Gasteiger partial charge on any atom is 0.330 e. The van der Waals surface area contributed by atoms with Crippen molar-refractivity contribution in [2.75, 3.05) is 0 Å². The Bertz CT molecular complexity index is 681. The zero-order valence-electron chi connectivity index (χ0n) is 16.4. The molecule has 5 heteroatoms. The van der Waals surface area contributed by atoms with E-state index in [0.717, 1.165) is 51.4 Å². The third-order valence-electron chi connectivity index (χ3n) is 6.11. The van der Waals surface area contributed by atoms with Gasteiger partial charge in [0.1, 0.15) is 11.9 Å². The molecule has 2 aliphatic carbocycles. The van der Waals surface area contributed by atoms with Gasteiger partial charge in [-0.3, -0.25) is 4.79 Å². The summed E-state index contributed by atoms with van der Waals surface area (Å²) >= 11 is 5.87. The molecule has 4 nitrogen and oxygen atoms in total. The lowest BCUT2D eigenvalue weighted by Gasteiger charge is -2.37. The molecular weight excluding hydrogens is 376 g/mol. The number of carbonyl (C=O) groups is 2. The number of hydrogen-bond donors (Lipinski definition) is 0.